The number of para-hydroxylation sites is 1. The number of thiophene rings is 1. The third kappa shape index (κ3) is 4.26. The van der Waals surface area contributed by atoms with E-state index in [0.29, 0.717) is 18.5 Å². The van der Waals surface area contributed by atoms with Crippen LogP contribution in [0.15, 0.2) is 77.0 Å². The van der Waals surface area contributed by atoms with Crippen molar-refractivity contribution >= 4 is 28.0 Å². The number of benzene rings is 2. The molecule has 0 unspecified atom stereocenters. The highest BCUT2D eigenvalue weighted by atomic mass is 32.1. The van der Waals surface area contributed by atoms with Gasteiger partial charge in [-0.25, -0.2) is 4.68 Å². The summed E-state index contributed by atoms with van der Waals surface area (Å²) in [5.74, 6) is 0.543. The number of nitrogens with zero attached hydrogens (tertiary/aromatic N) is 3. The number of ether oxygens (including phenoxy) is 1. The molecule has 0 saturated heterocycles. The standard InChI is InChI=1S/C23H21N3O3S/c1-29-21-11-5-3-8-18(21)14-25(15-19-9-6-12-30-19)22(27)16-26-23(28)20-10-4-2-7-17(20)13-24-26/h2-13H,14-16H2,1H3. The Hall–Kier alpha value is -3.45. The molecule has 0 bridgehead atoms. The molecule has 0 aliphatic rings. The summed E-state index contributed by atoms with van der Waals surface area (Å²) in [6, 6.07) is 18.8. The summed E-state index contributed by atoms with van der Waals surface area (Å²) in [4.78, 5) is 28.8. The number of methoxy groups -OCH3 is 1. The maximum atomic E-state index is 13.2. The van der Waals surface area contributed by atoms with E-state index in [9.17, 15) is 9.59 Å². The van der Waals surface area contributed by atoms with Crippen LogP contribution in [0.4, 0.5) is 0 Å². The third-order valence-electron chi connectivity index (χ3n) is 4.88. The summed E-state index contributed by atoms with van der Waals surface area (Å²) in [5, 5.41) is 7.49. The molecule has 0 saturated carbocycles. The summed E-state index contributed by atoms with van der Waals surface area (Å²) in [6.07, 6.45) is 1.62. The number of carbonyl (C=O) groups is 1. The van der Waals surface area contributed by atoms with Gasteiger partial charge in [-0.3, -0.25) is 9.59 Å². The zero-order chi connectivity index (χ0) is 20.9. The van der Waals surface area contributed by atoms with E-state index in [4.69, 9.17) is 4.74 Å². The van der Waals surface area contributed by atoms with E-state index in [-0.39, 0.29) is 18.0 Å². The Labute approximate surface area is 178 Å². The zero-order valence-corrected chi connectivity index (χ0v) is 17.3. The van der Waals surface area contributed by atoms with Gasteiger partial charge in [-0.1, -0.05) is 42.5 Å². The summed E-state index contributed by atoms with van der Waals surface area (Å²) in [7, 11) is 1.61. The molecule has 4 rings (SSSR count). The van der Waals surface area contributed by atoms with Gasteiger partial charge in [0.05, 0.1) is 25.2 Å². The average molecular weight is 420 g/mol. The van der Waals surface area contributed by atoms with E-state index in [1.54, 1.807) is 41.7 Å². The van der Waals surface area contributed by atoms with E-state index in [1.165, 1.54) is 4.68 Å². The molecule has 2 aromatic heterocycles. The van der Waals surface area contributed by atoms with E-state index in [1.807, 2.05) is 53.9 Å². The van der Waals surface area contributed by atoms with Crippen molar-refractivity contribution in [2.24, 2.45) is 0 Å². The van der Waals surface area contributed by atoms with Crippen molar-refractivity contribution in [3.05, 3.63) is 93.0 Å². The van der Waals surface area contributed by atoms with Crippen LogP contribution in [0.2, 0.25) is 0 Å². The fraction of sp³-hybridized carbons (Fsp3) is 0.174. The molecule has 30 heavy (non-hydrogen) atoms. The lowest BCUT2D eigenvalue weighted by atomic mass is 10.2. The second kappa shape index (κ2) is 8.92. The molecule has 0 aliphatic heterocycles. The Morgan fingerprint density at radius 3 is 2.67 bits per heavy atom. The number of fused-ring (bicyclic) bond motifs is 1. The number of hydrogen-bond acceptors (Lipinski definition) is 5. The van der Waals surface area contributed by atoms with Gasteiger partial charge in [0.25, 0.3) is 5.56 Å². The van der Waals surface area contributed by atoms with Crippen molar-refractivity contribution in [3.63, 3.8) is 0 Å². The number of rotatable bonds is 7. The largest absolute Gasteiger partial charge is 0.496 e. The normalized spacial score (nSPS) is 10.8. The van der Waals surface area contributed by atoms with Gasteiger partial charge in [0, 0.05) is 22.4 Å². The van der Waals surface area contributed by atoms with Gasteiger partial charge < -0.3 is 9.64 Å². The molecular formula is C23H21N3O3S. The van der Waals surface area contributed by atoms with Crippen LogP contribution in [0.5, 0.6) is 5.75 Å². The minimum absolute atomic E-state index is 0.121. The Morgan fingerprint density at radius 1 is 1.07 bits per heavy atom. The van der Waals surface area contributed by atoms with Crippen LogP contribution in [0, 0.1) is 0 Å². The van der Waals surface area contributed by atoms with Gasteiger partial charge in [0.2, 0.25) is 5.91 Å². The highest BCUT2D eigenvalue weighted by Gasteiger charge is 2.19. The summed E-state index contributed by atoms with van der Waals surface area (Å²) < 4.78 is 6.67. The van der Waals surface area contributed by atoms with Crippen LogP contribution in [0.1, 0.15) is 10.4 Å². The van der Waals surface area contributed by atoms with Gasteiger partial charge in [-0.05, 0) is 23.6 Å². The lowest BCUT2D eigenvalue weighted by molar-refractivity contribution is -0.133. The first-order chi connectivity index (χ1) is 14.7. The fourth-order valence-corrected chi connectivity index (χ4v) is 4.05. The van der Waals surface area contributed by atoms with E-state index in [0.717, 1.165) is 21.6 Å². The molecule has 2 aromatic carbocycles. The van der Waals surface area contributed by atoms with Crippen LogP contribution < -0.4 is 10.3 Å². The van der Waals surface area contributed by atoms with Gasteiger partial charge >= 0.3 is 0 Å². The monoisotopic (exact) mass is 419 g/mol. The first kappa shape index (κ1) is 19.8. The molecule has 6 nitrogen and oxygen atoms in total. The Morgan fingerprint density at radius 2 is 1.87 bits per heavy atom. The quantitative estimate of drug-likeness (QED) is 0.458. The molecule has 152 valence electrons. The predicted octanol–water partition coefficient (Wildman–Crippen LogP) is 3.70. The maximum absolute atomic E-state index is 13.2. The minimum atomic E-state index is -0.269. The molecule has 0 aliphatic carbocycles. The summed E-state index contributed by atoms with van der Waals surface area (Å²) in [6.45, 7) is 0.712. The highest BCUT2D eigenvalue weighted by Crippen LogP contribution is 2.21. The summed E-state index contributed by atoms with van der Waals surface area (Å²) in [5.41, 5.74) is 0.638. The van der Waals surface area contributed by atoms with Crippen LogP contribution in [-0.2, 0) is 24.4 Å². The second-order valence-corrected chi connectivity index (χ2v) is 7.87. The lowest BCUT2D eigenvalue weighted by Gasteiger charge is -2.23. The van der Waals surface area contributed by atoms with Gasteiger partial charge in [-0.2, -0.15) is 5.10 Å². The topological polar surface area (TPSA) is 64.4 Å². The number of amides is 1. The Bertz CT molecular complexity index is 1220. The molecule has 7 heteroatoms. The predicted molar refractivity (Wildman–Crippen MR) is 118 cm³/mol. The van der Waals surface area contributed by atoms with Crippen molar-refractivity contribution in [3.8, 4) is 5.75 Å². The molecule has 4 aromatic rings. The first-order valence-electron chi connectivity index (χ1n) is 9.52. The first-order valence-corrected chi connectivity index (χ1v) is 10.4. The van der Waals surface area contributed by atoms with Gasteiger partial charge in [-0.15, -0.1) is 11.3 Å². The SMILES string of the molecule is COc1ccccc1CN(Cc1cccs1)C(=O)Cn1ncc2ccccc2c1=O. The summed E-state index contributed by atoms with van der Waals surface area (Å²) >= 11 is 1.59. The van der Waals surface area contributed by atoms with Crippen molar-refractivity contribution in [1.82, 2.24) is 14.7 Å². The third-order valence-corrected chi connectivity index (χ3v) is 5.74. The smallest absolute Gasteiger partial charge is 0.275 e. The molecule has 0 fully saturated rings. The molecule has 2 heterocycles. The van der Waals surface area contributed by atoms with E-state index >= 15 is 0 Å². The number of hydrogen-bond donors (Lipinski definition) is 0. The van der Waals surface area contributed by atoms with E-state index in [2.05, 4.69) is 5.10 Å². The van der Waals surface area contributed by atoms with Crippen LogP contribution in [0.3, 0.4) is 0 Å². The second-order valence-electron chi connectivity index (χ2n) is 6.84. The lowest BCUT2D eigenvalue weighted by Crippen LogP contribution is -2.36. The zero-order valence-electron chi connectivity index (χ0n) is 16.5. The molecule has 0 N–H and O–H groups in total. The Kier molecular flexibility index (Phi) is 5.90. The van der Waals surface area contributed by atoms with Crippen LogP contribution >= 0.6 is 11.3 Å². The average Bonchev–Trinajstić information content (AvgIpc) is 3.29. The molecular weight excluding hydrogens is 398 g/mol. The molecule has 0 spiro atoms. The molecule has 0 atom stereocenters. The molecule has 1 amide bonds. The van der Waals surface area contributed by atoms with Crippen molar-refractivity contribution < 1.29 is 9.53 Å². The van der Waals surface area contributed by atoms with Crippen LogP contribution in [-0.4, -0.2) is 27.7 Å². The van der Waals surface area contributed by atoms with Crippen molar-refractivity contribution in [2.45, 2.75) is 19.6 Å². The van der Waals surface area contributed by atoms with Gasteiger partial charge in [0.15, 0.2) is 0 Å². The maximum Gasteiger partial charge on any atom is 0.275 e. The Balaban J connectivity index is 1.62. The fourth-order valence-electron chi connectivity index (χ4n) is 3.33. The highest BCUT2D eigenvalue weighted by molar-refractivity contribution is 7.09. The van der Waals surface area contributed by atoms with E-state index < -0.39 is 0 Å². The number of aromatic nitrogens is 2. The minimum Gasteiger partial charge on any atom is -0.496 e. The van der Waals surface area contributed by atoms with Crippen molar-refractivity contribution in [2.75, 3.05) is 7.11 Å². The molecule has 0 radical (unpaired) electrons. The van der Waals surface area contributed by atoms with Crippen molar-refractivity contribution in [1.29, 1.82) is 0 Å². The number of carbonyl (C=O) groups excluding carboxylic acids is 1. The van der Waals surface area contributed by atoms with Crippen LogP contribution in [0.25, 0.3) is 10.8 Å². The van der Waals surface area contributed by atoms with Gasteiger partial charge in [0.1, 0.15) is 12.3 Å².